The highest BCUT2D eigenvalue weighted by Gasteiger charge is 2.07. The number of aliphatic hydroxyl groups excluding tert-OH is 1. The monoisotopic (exact) mass is 239 g/mol. The number of hydrogen-bond acceptors (Lipinski definition) is 3. The maximum atomic E-state index is 11.6. The molecule has 1 aromatic heterocycles. The molecule has 0 spiro atoms. The number of carbonyl (C=O) groups excluding carboxylic acids is 1. The van der Waals surface area contributed by atoms with Crippen molar-refractivity contribution in [1.82, 2.24) is 15.1 Å². The molecule has 17 heavy (non-hydrogen) atoms. The third kappa shape index (κ3) is 5.49. The van der Waals surface area contributed by atoms with E-state index in [0.717, 1.165) is 18.4 Å². The van der Waals surface area contributed by atoms with Crippen molar-refractivity contribution in [2.75, 3.05) is 6.61 Å². The molecule has 0 fully saturated rings. The van der Waals surface area contributed by atoms with Crippen molar-refractivity contribution in [3.05, 3.63) is 18.0 Å². The van der Waals surface area contributed by atoms with Crippen LogP contribution in [0.1, 0.15) is 31.7 Å². The Hall–Kier alpha value is -1.36. The van der Waals surface area contributed by atoms with Crippen molar-refractivity contribution >= 4 is 5.91 Å². The average molecular weight is 239 g/mol. The van der Waals surface area contributed by atoms with Gasteiger partial charge in [-0.1, -0.05) is 0 Å². The summed E-state index contributed by atoms with van der Waals surface area (Å²) in [6.07, 6.45) is 6.44. The summed E-state index contributed by atoms with van der Waals surface area (Å²) >= 11 is 0. The van der Waals surface area contributed by atoms with E-state index in [1.807, 2.05) is 20.2 Å². The lowest BCUT2D eigenvalue weighted by Crippen LogP contribution is -2.32. The van der Waals surface area contributed by atoms with E-state index >= 15 is 0 Å². The fourth-order valence-corrected chi connectivity index (χ4v) is 1.68. The Balaban J connectivity index is 2.21. The molecular formula is C12H21N3O2. The first-order valence-corrected chi connectivity index (χ1v) is 5.99. The number of rotatable bonds is 7. The summed E-state index contributed by atoms with van der Waals surface area (Å²) in [4.78, 5) is 11.6. The molecule has 1 rings (SSSR count). The average Bonchev–Trinajstić information content (AvgIpc) is 2.70. The van der Waals surface area contributed by atoms with E-state index < -0.39 is 0 Å². The molecule has 0 aliphatic heterocycles. The molecule has 0 saturated heterocycles. The van der Waals surface area contributed by atoms with Gasteiger partial charge in [0.2, 0.25) is 5.91 Å². The molecule has 2 N–H and O–H groups in total. The van der Waals surface area contributed by atoms with E-state index in [0.29, 0.717) is 12.8 Å². The van der Waals surface area contributed by atoms with E-state index in [2.05, 4.69) is 10.4 Å². The summed E-state index contributed by atoms with van der Waals surface area (Å²) in [7, 11) is 1.86. The van der Waals surface area contributed by atoms with Crippen LogP contribution in [0.5, 0.6) is 0 Å². The van der Waals surface area contributed by atoms with E-state index in [9.17, 15) is 4.79 Å². The van der Waals surface area contributed by atoms with E-state index in [-0.39, 0.29) is 18.6 Å². The van der Waals surface area contributed by atoms with Gasteiger partial charge in [0.15, 0.2) is 0 Å². The fraction of sp³-hybridized carbons (Fsp3) is 0.667. The largest absolute Gasteiger partial charge is 0.396 e. The normalized spacial score (nSPS) is 12.4. The number of aliphatic hydroxyl groups is 1. The minimum atomic E-state index is 0.0549. The molecular weight excluding hydrogens is 218 g/mol. The number of nitrogens with one attached hydrogen (secondary N) is 1. The number of aromatic nitrogens is 2. The van der Waals surface area contributed by atoms with Gasteiger partial charge in [-0.05, 0) is 31.7 Å². The Bertz CT molecular complexity index is 349. The van der Waals surface area contributed by atoms with Gasteiger partial charge in [-0.25, -0.2) is 0 Å². The first kappa shape index (κ1) is 13.7. The van der Waals surface area contributed by atoms with Crippen molar-refractivity contribution in [2.24, 2.45) is 7.05 Å². The van der Waals surface area contributed by atoms with Crippen molar-refractivity contribution in [3.8, 4) is 0 Å². The maximum Gasteiger partial charge on any atom is 0.220 e. The van der Waals surface area contributed by atoms with Gasteiger partial charge in [0.05, 0.1) is 6.20 Å². The van der Waals surface area contributed by atoms with Gasteiger partial charge in [-0.2, -0.15) is 5.10 Å². The molecule has 5 heteroatoms. The molecule has 0 radical (unpaired) electrons. The summed E-state index contributed by atoms with van der Waals surface area (Å²) in [5.41, 5.74) is 1.07. The van der Waals surface area contributed by atoms with Crippen LogP contribution in [-0.4, -0.2) is 33.4 Å². The first-order valence-electron chi connectivity index (χ1n) is 5.99. The van der Waals surface area contributed by atoms with Crippen molar-refractivity contribution in [1.29, 1.82) is 0 Å². The lowest BCUT2D eigenvalue weighted by atomic mass is 10.1. The summed E-state index contributed by atoms with van der Waals surface area (Å²) < 4.78 is 1.73. The molecule has 1 unspecified atom stereocenters. The summed E-state index contributed by atoms with van der Waals surface area (Å²) in [6, 6.07) is 0.128. The third-order valence-corrected chi connectivity index (χ3v) is 2.60. The summed E-state index contributed by atoms with van der Waals surface area (Å²) in [6.45, 7) is 2.13. The van der Waals surface area contributed by atoms with Gasteiger partial charge in [0, 0.05) is 32.3 Å². The lowest BCUT2D eigenvalue weighted by Gasteiger charge is -2.12. The van der Waals surface area contributed by atoms with Crippen LogP contribution in [0.2, 0.25) is 0 Å². The van der Waals surface area contributed by atoms with Crippen LogP contribution in [0.4, 0.5) is 0 Å². The quantitative estimate of drug-likeness (QED) is 0.733. The lowest BCUT2D eigenvalue weighted by molar-refractivity contribution is -0.121. The molecule has 0 bridgehead atoms. The Morgan fingerprint density at radius 3 is 3.00 bits per heavy atom. The predicted octanol–water partition coefficient (Wildman–Crippen LogP) is 0.630. The van der Waals surface area contributed by atoms with Gasteiger partial charge in [0.25, 0.3) is 0 Å². The molecule has 5 nitrogen and oxygen atoms in total. The Labute approximate surface area is 102 Å². The van der Waals surface area contributed by atoms with Crippen LogP contribution in [-0.2, 0) is 18.3 Å². The predicted molar refractivity (Wildman–Crippen MR) is 65.5 cm³/mol. The molecule has 1 amide bonds. The SMILES string of the molecule is CC(CCCO)NC(=O)CCc1cnn(C)c1. The molecule has 0 aliphatic carbocycles. The zero-order valence-electron chi connectivity index (χ0n) is 10.5. The Kier molecular flexibility index (Phi) is 5.69. The highest BCUT2D eigenvalue weighted by molar-refractivity contribution is 5.76. The van der Waals surface area contributed by atoms with Crippen LogP contribution in [0, 0.1) is 0 Å². The van der Waals surface area contributed by atoms with E-state index in [1.165, 1.54) is 0 Å². The molecule has 96 valence electrons. The van der Waals surface area contributed by atoms with Crippen LogP contribution in [0.25, 0.3) is 0 Å². The number of nitrogens with zero attached hydrogens (tertiary/aromatic N) is 2. The highest BCUT2D eigenvalue weighted by Crippen LogP contribution is 2.02. The molecule has 1 heterocycles. The summed E-state index contributed by atoms with van der Waals surface area (Å²) in [5.74, 6) is 0.0549. The van der Waals surface area contributed by atoms with Gasteiger partial charge in [0.1, 0.15) is 0 Å². The van der Waals surface area contributed by atoms with Gasteiger partial charge >= 0.3 is 0 Å². The summed E-state index contributed by atoms with van der Waals surface area (Å²) in [5, 5.41) is 15.6. The standard InChI is InChI=1S/C12H21N3O2/c1-10(4-3-7-16)14-12(17)6-5-11-8-13-15(2)9-11/h8-10,16H,3-7H2,1-2H3,(H,14,17). The van der Waals surface area contributed by atoms with Crippen molar-refractivity contribution in [2.45, 2.75) is 38.6 Å². The number of amides is 1. The topological polar surface area (TPSA) is 67.2 Å². The van der Waals surface area contributed by atoms with Crippen LogP contribution >= 0.6 is 0 Å². The molecule has 1 atom stereocenters. The number of aryl methyl sites for hydroxylation is 2. The Morgan fingerprint density at radius 2 is 2.41 bits per heavy atom. The molecule has 0 aromatic carbocycles. The van der Waals surface area contributed by atoms with Crippen LogP contribution in [0.15, 0.2) is 12.4 Å². The highest BCUT2D eigenvalue weighted by atomic mass is 16.2. The second-order valence-electron chi connectivity index (χ2n) is 4.36. The molecule has 0 aliphatic rings. The second kappa shape index (κ2) is 7.06. The molecule has 0 saturated carbocycles. The van der Waals surface area contributed by atoms with Gasteiger partial charge < -0.3 is 10.4 Å². The van der Waals surface area contributed by atoms with Crippen LogP contribution in [0.3, 0.4) is 0 Å². The number of carbonyl (C=O) groups is 1. The number of hydrogen-bond donors (Lipinski definition) is 2. The zero-order chi connectivity index (χ0) is 12.7. The first-order chi connectivity index (χ1) is 8.11. The smallest absolute Gasteiger partial charge is 0.220 e. The molecule has 1 aromatic rings. The maximum absolute atomic E-state index is 11.6. The minimum Gasteiger partial charge on any atom is -0.396 e. The van der Waals surface area contributed by atoms with Gasteiger partial charge in [-0.15, -0.1) is 0 Å². The van der Waals surface area contributed by atoms with E-state index in [1.54, 1.807) is 10.9 Å². The minimum absolute atomic E-state index is 0.0549. The van der Waals surface area contributed by atoms with Crippen molar-refractivity contribution < 1.29 is 9.90 Å². The van der Waals surface area contributed by atoms with Gasteiger partial charge in [-0.3, -0.25) is 9.48 Å². The van der Waals surface area contributed by atoms with Crippen molar-refractivity contribution in [3.63, 3.8) is 0 Å². The van der Waals surface area contributed by atoms with E-state index in [4.69, 9.17) is 5.11 Å². The van der Waals surface area contributed by atoms with Crippen LogP contribution < -0.4 is 5.32 Å². The Morgan fingerprint density at radius 1 is 1.65 bits per heavy atom. The zero-order valence-corrected chi connectivity index (χ0v) is 10.5. The third-order valence-electron chi connectivity index (χ3n) is 2.60. The fourth-order valence-electron chi connectivity index (χ4n) is 1.68. The second-order valence-corrected chi connectivity index (χ2v) is 4.36.